The predicted octanol–water partition coefficient (Wildman–Crippen LogP) is 3.72. The normalized spacial score (nSPS) is 10.5. The summed E-state index contributed by atoms with van der Waals surface area (Å²) in [5, 5.41) is 15.6. The van der Waals surface area contributed by atoms with Gasteiger partial charge in [-0.2, -0.15) is 5.26 Å². The lowest BCUT2D eigenvalue weighted by molar-refractivity contribution is 0.0964. The highest BCUT2D eigenvalue weighted by Gasteiger charge is 2.11. The summed E-state index contributed by atoms with van der Waals surface area (Å²) in [4.78, 5) is 25.0. The van der Waals surface area contributed by atoms with Crippen LogP contribution >= 0.6 is 0 Å². The Bertz CT molecular complexity index is 1350. The average Bonchev–Trinajstić information content (AvgIpc) is 2.83. The highest BCUT2D eigenvalue weighted by molar-refractivity contribution is 6.06. The number of nitrogens with one attached hydrogen (secondary N) is 2. The predicted molar refractivity (Wildman–Crippen MR) is 119 cm³/mol. The smallest absolute Gasteiger partial charge is 0.251 e. The highest BCUT2D eigenvalue weighted by atomic mass is 19.1. The quantitative estimate of drug-likeness (QED) is 0.487. The van der Waals surface area contributed by atoms with Gasteiger partial charge in [0.15, 0.2) is 0 Å². The van der Waals surface area contributed by atoms with E-state index in [-0.39, 0.29) is 11.5 Å². The molecule has 2 aromatic heterocycles. The van der Waals surface area contributed by atoms with Crippen LogP contribution in [0.1, 0.15) is 21.5 Å². The van der Waals surface area contributed by atoms with Gasteiger partial charge in [-0.15, -0.1) is 0 Å². The van der Waals surface area contributed by atoms with Crippen LogP contribution in [-0.4, -0.2) is 34.5 Å². The molecule has 2 aromatic carbocycles. The fourth-order valence-electron chi connectivity index (χ4n) is 3.47. The minimum Gasteiger partial charge on any atom is -0.370 e. The van der Waals surface area contributed by atoms with Gasteiger partial charge < -0.3 is 10.6 Å². The second kappa shape index (κ2) is 9.18. The number of hydrogen-bond donors (Lipinski definition) is 2. The fourth-order valence-corrected chi connectivity index (χ4v) is 3.47. The van der Waals surface area contributed by atoms with Crippen LogP contribution in [0.5, 0.6) is 0 Å². The van der Waals surface area contributed by atoms with Gasteiger partial charge in [0.25, 0.3) is 5.91 Å². The highest BCUT2D eigenvalue weighted by Crippen LogP contribution is 2.23. The number of carbonyl (C=O) groups excluding carboxylic acids is 1. The molecule has 0 saturated carbocycles. The van der Waals surface area contributed by atoms with E-state index in [2.05, 4.69) is 25.6 Å². The fraction of sp³-hybridized carbons (Fsp3) is 0.125. The van der Waals surface area contributed by atoms with Gasteiger partial charge in [0.2, 0.25) is 0 Å². The number of nitriles is 1. The maximum Gasteiger partial charge on any atom is 0.251 e. The van der Waals surface area contributed by atoms with E-state index in [0.717, 1.165) is 16.5 Å². The molecule has 2 N–H and O–H groups in total. The second-order valence-electron chi connectivity index (χ2n) is 7.02. The van der Waals surface area contributed by atoms with Crippen molar-refractivity contribution in [3.05, 3.63) is 83.6 Å². The minimum atomic E-state index is -0.585. The second-order valence-corrected chi connectivity index (χ2v) is 7.02. The summed E-state index contributed by atoms with van der Waals surface area (Å²) in [7, 11) is 1.60. The molecule has 0 bridgehead atoms. The third-order valence-electron chi connectivity index (χ3n) is 5.08. The van der Waals surface area contributed by atoms with Gasteiger partial charge in [-0.05, 0) is 30.2 Å². The molecule has 0 aliphatic carbocycles. The molecule has 0 atom stereocenters. The van der Waals surface area contributed by atoms with E-state index in [9.17, 15) is 9.18 Å². The van der Waals surface area contributed by atoms with Crippen LogP contribution in [0.2, 0.25) is 0 Å². The number of carbonyl (C=O) groups is 1. The molecule has 8 heteroatoms. The first-order valence-corrected chi connectivity index (χ1v) is 9.95. The van der Waals surface area contributed by atoms with Gasteiger partial charge in [-0.3, -0.25) is 9.78 Å². The number of anilines is 1. The van der Waals surface area contributed by atoms with E-state index < -0.39 is 5.82 Å². The van der Waals surface area contributed by atoms with Crippen LogP contribution in [0.3, 0.4) is 0 Å². The minimum absolute atomic E-state index is 0.00979. The van der Waals surface area contributed by atoms with Crippen LogP contribution in [0.4, 0.5) is 10.2 Å². The number of halogens is 1. The zero-order chi connectivity index (χ0) is 22.5. The van der Waals surface area contributed by atoms with E-state index in [0.29, 0.717) is 35.6 Å². The van der Waals surface area contributed by atoms with Crippen LogP contribution in [0, 0.1) is 17.1 Å². The molecule has 7 nitrogen and oxygen atoms in total. The number of fused-ring (bicyclic) bond motifs is 1. The number of amides is 1. The lowest BCUT2D eigenvalue weighted by atomic mass is 10.0. The van der Waals surface area contributed by atoms with Gasteiger partial charge in [0.05, 0.1) is 22.3 Å². The molecular formula is C24H19FN6O. The van der Waals surface area contributed by atoms with Crippen molar-refractivity contribution in [2.45, 2.75) is 6.42 Å². The van der Waals surface area contributed by atoms with Crippen molar-refractivity contribution in [3.63, 3.8) is 0 Å². The van der Waals surface area contributed by atoms with Crippen molar-refractivity contribution >= 4 is 22.6 Å². The van der Waals surface area contributed by atoms with Crippen molar-refractivity contribution in [2.75, 3.05) is 18.9 Å². The van der Waals surface area contributed by atoms with Gasteiger partial charge in [0.1, 0.15) is 24.0 Å². The molecule has 0 fully saturated rings. The first-order valence-electron chi connectivity index (χ1n) is 9.95. The van der Waals surface area contributed by atoms with Crippen LogP contribution < -0.4 is 10.6 Å². The maximum atomic E-state index is 13.9. The molecule has 0 radical (unpaired) electrons. The van der Waals surface area contributed by atoms with Crippen molar-refractivity contribution in [1.82, 2.24) is 20.3 Å². The lowest BCUT2D eigenvalue weighted by Gasteiger charge is -2.10. The summed E-state index contributed by atoms with van der Waals surface area (Å²) in [6, 6.07) is 15.4. The molecule has 32 heavy (non-hydrogen) atoms. The summed E-state index contributed by atoms with van der Waals surface area (Å²) >= 11 is 0. The van der Waals surface area contributed by atoms with Gasteiger partial charge >= 0.3 is 0 Å². The molecule has 4 rings (SSSR count). The molecule has 0 aliphatic rings. The van der Waals surface area contributed by atoms with Crippen molar-refractivity contribution in [3.8, 4) is 17.3 Å². The van der Waals surface area contributed by atoms with Gasteiger partial charge in [-0.25, -0.2) is 14.4 Å². The number of rotatable bonds is 6. The van der Waals surface area contributed by atoms with E-state index in [4.69, 9.17) is 5.26 Å². The Morgan fingerprint density at radius 2 is 2.00 bits per heavy atom. The number of pyridine rings is 1. The molecule has 4 aromatic rings. The summed E-state index contributed by atoms with van der Waals surface area (Å²) in [6.45, 7) is 0.573. The Balaban J connectivity index is 1.50. The Morgan fingerprint density at radius 3 is 2.78 bits per heavy atom. The van der Waals surface area contributed by atoms with Crippen molar-refractivity contribution in [1.29, 1.82) is 5.26 Å². The standard InChI is InChI=1S/C24H19FN6O/c1-27-24(32)19-8-10-29-23-15(3-2-4-18(19)23)7-9-28-22-12-21(30-14-31-22)16-5-6-17(13-26)20(25)11-16/h2-6,8,10-12,14H,7,9H2,1H3,(H,27,32)(H,28,30,31). The Morgan fingerprint density at radius 1 is 1.12 bits per heavy atom. The summed E-state index contributed by atoms with van der Waals surface area (Å²) < 4.78 is 13.9. The molecule has 0 aliphatic heterocycles. The molecule has 158 valence electrons. The van der Waals surface area contributed by atoms with E-state index in [1.165, 1.54) is 18.5 Å². The summed E-state index contributed by atoms with van der Waals surface area (Å²) in [5.41, 5.74) is 3.47. The third kappa shape index (κ3) is 4.23. The maximum absolute atomic E-state index is 13.9. The van der Waals surface area contributed by atoms with Crippen LogP contribution in [-0.2, 0) is 6.42 Å². The van der Waals surface area contributed by atoms with E-state index >= 15 is 0 Å². The van der Waals surface area contributed by atoms with E-state index in [1.54, 1.807) is 37.5 Å². The topological polar surface area (TPSA) is 104 Å². The van der Waals surface area contributed by atoms with Crippen molar-refractivity contribution in [2.24, 2.45) is 0 Å². The monoisotopic (exact) mass is 426 g/mol. The summed E-state index contributed by atoms with van der Waals surface area (Å²) in [6.07, 6.45) is 3.70. The first kappa shape index (κ1) is 20.9. The zero-order valence-electron chi connectivity index (χ0n) is 17.3. The Labute approximate surface area is 184 Å². The first-order chi connectivity index (χ1) is 15.6. The van der Waals surface area contributed by atoms with Gasteiger partial charge in [-0.1, -0.05) is 24.3 Å². The van der Waals surface area contributed by atoms with Crippen LogP contribution in [0.15, 0.2) is 61.1 Å². The molecule has 0 saturated heterocycles. The summed E-state index contributed by atoms with van der Waals surface area (Å²) in [5.74, 6) is -0.142. The number of hydrogen-bond acceptors (Lipinski definition) is 6. The molecule has 0 spiro atoms. The zero-order valence-corrected chi connectivity index (χ0v) is 17.3. The number of aromatic nitrogens is 3. The molecular weight excluding hydrogens is 407 g/mol. The number of nitrogens with zero attached hydrogens (tertiary/aromatic N) is 4. The average molecular weight is 426 g/mol. The number of benzene rings is 2. The van der Waals surface area contributed by atoms with Crippen LogP contribution in [0.25, 0.3) is 22.2 Å². The van der Waals surface area contributed by atoms with E-state index in [1.807, 2.05) is 18.2 Å². The molecule has 1 amide bonds. The number of para-hydroxylation sites is 1. The SMILES string of the molecule is CNC(=O)c1ccnc2c(CCNc3cc(-c4ccc(C#N)c(F)c4)ncn3)cccc12. The van der Waals surface area contributed by atoms with Gasteiger partial charge in [0, 0.05) is 36.8 Å². The van der Waals surface area contributed by atoms with Crippen molar-refractivity contribution < 1.29 is 9.18 Å². The molecule has 0 unspecified atom stereocenters. The molecule has 2 heterocycles. The Kier molecular flexibility index (Phi) is 5.99. The third-order valence-corrected chi connectivity index (χ3v) is 5.08. The largest absolute Gasteiger partial charge is 0.370 e. The Hall–Kier alpha value is -4.38. The lowest BCUT2D eigenvalue weighted by Crippen LogP contribution is -2.18.